The molecule has 7 heteroatoms. The summed E-state index contributed by atoms with van der Waals surface area (Å²) in [5.74, 6) is 0.458. The second-order valence-corrected chi connectivity index (χ2v) is 5.98. The number of hydrogen-bond donors (Lipinski definition) is 1. The van der Waals surface area contributed by atoms with Gasteiger partial charge in [0.1, 0.15) is 12.4 Å². The second kappa shape index (κ2) is 9.37. The summed E-state index contributed by atoms with van der Waals surface area (Å²) >= 11 is 5.80. The molecule has 1 heterocycles. The normalized spacial score (nSPS) is 15.0. The third kappa shape index (κ3) is 5.60. The lowest BCUT2D eigenvalue weighted by atomic mass is 9.97. The van der Waals surface area contributed by atoms with Gasteiger partial charge in [0, 0.05) is 18.1 Å². The van der Waals surface area contributed by atoms with Crippen molar-refractivity contribution in [1.29, 1.82) is 0 Å². The summed E-state index contributed by atoms with van der Waals surface area (Å²) in [7, 11) is 0. The summed E-state index contributed by atoms with van der Waals surface area (Å²) in [6.45, 7) is 4.12. The molecule has 2 amide bonds. The van der Waals surface area contributed by atoms with Gasteiger partial charge in [-0.15, -0.1) is 0 Å². The van der Waals surface area contributed by atoms with Crippen LogP contribution in [0.4, 0.5) is 4.79 Å². The van der Waals surface area contributed by atoms with Crippen molar-refractivity contribution in [1.82, 2.24) is 10.2 Å². The zero-order valence-electron chi connectivity index (χ0n) is 13.8. The van der Waals surface area contributed by atoms with E-state index in [9.17, 15) is 9.59 Å². The lowest BCUT2D eigenvalue weighted by Gasteiger charge is -2.30. The fourth-order valence-electron chi connectivity index (χ4n) is 2.55. The largest absolute Gasteiger partial charge is 0.492 e. The van der Waals surface area contributed by atoms with Crippen molar-refractivity contribution in [2.24, 2.45) is 5.92 Å². The number of halogens is 1. The van der Waals surface area contributed by atoms with Crippen LogP contribution in [0.15, 0.2) is 24.3 Å². The van der Waals surface area contributed by atoms with Gasteiger partial charge in [-0.3, -0.25) is 4.79 Å². The van der Waals surface area contributed by atoms with Crippen molar-refractivity contribution in [3.63, 3.8) is 0 Å². The number of piperidine rings is 1. The molecule has 0 aromatic heterocycles. The minimum Gasteiger partial charge on any atom is -0.492 e. The highest BCUT2D eigenvalue weighted by molar-refractivity contribution is 6.30. The number of nitrogens with zero attached hydrogens (tertiary/aromatic N) is 1. The Hall–Kier alpha value is -1.95. The van der Waals surface area contributed by atoms with Crippen LogP contribution in [0, 0.1) is 5.92 Å². The number of rotatable bonds is 6. The Balaban J connectivity index is 1.63. The lowest BCUT2D eigenvalue weighted by molar-refractivity contribution is -0.149. The number of ether oxygens (including phenoxy) is 2. The van der Waals surface area contributed by atoms with E-state index in [4.69, 9.17) is 21.1 Å². The Morgan fingerprint density at radius 2 is 1.92 bits per heavy atom. The van der Waals surface area contributed by atoms with E-state index in [1.165, 1.54) is 0 Å². The minimum atomic E-state index is -0.158. The first-order valence-corrected chi connectivity index (χ1v) is 8.55. The molecule has 0 saturated carbocycles. The molecule has 1 fully saturated rings. The van der Waals surface area contributed by atoms with Gasteiger partial charge in [-0.1, -0.05) is 11.6 Å². The maximum Gasteiger partial charge on any atom is 0.317 e. The molecule has 0 aliphatic carbocycles. The van der Waals surface area contributed by atoms with E-state index in [1.807, 2.05) is 0 Å². The van der Waals surface area contributed by atoms with Crippen molar-refractivity contribution in [2.45, 2.75) is 19.8 Å². The van der Waals surface area contributed by atoms with Gasteiger partial charge in [-0.25, -0.2) is 4.79 Å². The van der Waals surface area contributed by atoms with Crippen molar-refractivity contribution < 1.29 is 19.1 Å². The number of carbonyl (C=O) groups excluding carboxylic acids is 2. The molecule has 0 bridgehead atoms. The van der Waals surface area contributed by atoms with Gasteiger partial charge in [0.25, 0.3) is 0 Å². The standard InChI is InChI=1S/C17H23ClN2O4/c1-2-23-16(21)13-7-10-20(11-8-13)17(22)19-9-12-24-15-5-3-14(18)4-6-15/h3-6,13H,2,7-12H2,1H3,(H,19,22). The maximum atomic E-state index is 12.1. The minimum absolute atomic E-state index is 0.0951. The first kappa shape index (κ1) is 18.4. The average Bonchev–Trinajstić information content (AvgIpc) is 2.60. The van der Waals surface area contributed by atoms with E-state index >= 15 is 0 Å². The van der Waals surface area contributed by atoms with E-state index < -0.39 is 0 Å². The highest BCUT2D eigenvalue weighted by atomic mass is 35.5. The van der Waals surface area contributed by atoms with Gasteiger partial charge < -0.3 is 19.7 Å². The van der Waals surface area contributed by atoms with Crippen molar-refractivity contribution in [3.8, 4) is 5.75 Å². The van der Waals surface area contributed by atoms with Crippen LogP contribution in [0.1, 0.15) is 19.8 Å². The molecule has 0 unspecified atom stereocenters. The Bertz CT molecular complexity index is 542. The van der Waals surface area contributed by atoms with Crippen molar-refractivity contribution in [2.75, 3.05) is 32.8 Å². The molecule has 0 spiro atoms. The predicted octanol–water partition coefficient (Wildman–Crippen LogP) is 2.70. The maximum absolute atomic E-state index is 12.1. The fourth-order valence-corrected chi connectivity index (χ4v) is 2.67. The summed E-state index contributed by atoms with van der Waals surface area (Å²) in [4.78, 5) is 25.5. The van der Waals surface area contributed by atoms with E-state index in [0.717, 1.165) is 0 Å². The molecule has 1 aliphatic heterocycles. The Labute approximate surface area is 147 Å². The summed E-state index contributed by atoms with van der Waals surface area (Å²) in [6.07, 6.45) is 1.29. The Morgan fingerprint density at radius 3 is 2.54 bits per heavy atom. The van der Waals surface area contributed by atoms with Crippen LogP contribution in [-0.4, -0.2) is 49.7 Å². The molecule has 132 valence electrons. The van der Waals surface area contributed by atoms with E-state index in [0.29, 0.717) is 56.5 Å². The van der Waals surface area contributed by atoms with E-state index in [2.05, 4.69) is 5.32 Å². The van der Waals surface area contributed by atoms with Crippen LogP contribution in [0.2, 0.25) is 5.02 Å². The molecule has 1 N–H and O–H groups in total. The number of carbonyl (C=O) groups is 2. The zero-order chi connectivity index (χ0) is 17.4. The first-order chi connectivity index (χ1) is 11.6. The topological polar surface area (TPSA) is 67.9 Å². The number of likely N-dealkylation sites (tertiary alicyclic amines) is 1. The lowest BCUT2D eigenvalue weighted by Crippen LogP contribution is -2.46. The van der Waals surface area contributed by atoms with Gasteiger partial charge in [-0.05, 0) is 44.0 Å². The molecule has 1 aromatic carbocycles. The first-order valence-electron chi connectivity index (χ1n) is 8.18. The summed E-state index contributed by atoms with van der Waals surface area (Å²) < 4.78 is 10.5. The smallest absolute Gasteiger partial charge is 0.317 e. The molecule has 0 atom stereocenters. The highest BCUT2D eigenvalue weighted by Gasteiger charge is 2.27. The van der Waals surface area contributed by atoms with E-state index in [-0.39, 0.29) is 17.9 Å². The molecule has 6 nitrogen and oxygen atoms in total. The number of benzene rings is 1. The molecule has 0 radical (unpaired) electrons. The van der Waals surface area contributed by atoms with Crippen LogP contribution in [-0.2, 0) is 9.53 Å². The second-order valence-electron chi connectivity index (χ2n) is 5.55. The van der Waals surface area contributed by atoms with Crippen LogP contribution < -0.4 is 10.1 Å². The average molecular weight is 355 g/mol. The molecule has 1 aliphatic rings. The van der Waals surface area contributed by atoms with Gasteiger partial charge in [0.15, 0.2) is 0 Å². The van der Waals surface area contributed by atoms with Gasteiger partial charge in [-0.2, -0.15) is 0 Å². The molecule has 1 aromatic rings. The molecular formula is C17H23ClN2O4. The van der Waals surface area contributed by atoms with Crippen molar-refractivity contribution >= 4 is 23.6 Å². The van der Waals surface area contributed by atoms with Gasteiger partial charge >= 0.3 is 12.0 Å². The summed E-state index contributed by atoms with van der Waals surface area (Å²) in [6, 6.07) is 6.94. The zero-order valence-corrected chi connectivity index (χ0v) is 14.6. The summed E-state index contributed by atoms with van der Waals surface area (Å²) in [5.41, 5.74) is 0. The fraction of sp³-hybridized carbons (Fsp3) is 0.529. The monoisotopic (exact) mass is 354 g/mol. The number of nitrogens with one attached hydrogen (secondary N) is 1. The third-order valence-electron chi connectivity index (χ3n) is 3.86. The number of hydrogen-bond acceptors (Lipinski definition) is 4. The van der Waals surface area contributed by atoms with Gasteiger partial charge in [0.2, 0.25) is 0 Å². The molecule has 1 saturated heterocycles. The molecule has 2 rings (SSSR count). The Kier molecular flexibility index (Phi) is 7.18. The number of amides is 2. The van der Waals surface area contributed by atoms with Crippen molar-refractivity contribution in [3.05, 3.63) is 29.3 Å². The quantitative estimate of drug-likeness (QED) is 0.630. The molecular weight excluding hydrogens is 332 g/mol. The molecule has 24 heavy (non-hydrogen) atoms. The van der Waals surface area contributed by atoms with Gasteiger partial charge in [0.05, 0.1) is 19.1 Å². The SMILES string of the molecule is CCOC(=O)C1CCN(C(=O)NCCOc2ccc(Cl)cc2)CC1. The number of urea groups is 1. The Morgan fingerprint density at radius 1 is 1.25 bits per heavy atom. The van der Waals surface area contributed by atoms with Crippen LogP contribution in [0.25, 0.3) is 0 Å². The highest BCUT2D eigenvalue weighted by Crippen LogP contribution is 2.18. The summed E-state index contributed by atoms with van der Waals surface area (Å²) in [5, 5.41) is 3.48. The number of esters is 1. The predicted molar refractivity (Wildman–Crippen MR) is 91.3 cm³/mol. The van der Waals surface area contributed by atoms with Crippen LogP contribution in [0.5, 0.6) is 5.75 Å². The van der Waals surface area contributed by atoms with Crippen LogP contribution in [0.3, 0.4) is 0 Å². The third-order valence-corrected chi connectivity index (χ3v) is 4.11. The van der Waals surface area contributed by atoms with Crippen LogP contribution >= 0.6 is 11.6 Å². The van der Waals surface area contributed by atoms with E-state index in [1.54, 1.807) is 36.1 Å².